The van der Waals surface area contributed by atoms with Gasteiger partial charge in [-0.2, -0.15) is 0 Å². The first-order chi connectivity index (χ1) is 17.8. The van der Waals surface area contributed by atoms with Gasteiger partial charge in [0, 0.05) is 22.7 Å². The molecule has 1 heterocycles. The molecule has 1 aromatic heterocycles. The molecule has 0 bridgehead atoms. The zero-order valence-electron chi connectivity index (χ0n) is 20.9. The molecule has 3 aromatic rings. The van der Waals surface area contributed by atoms with Crippen molar-refractivity contribution in [1.29, 1.82) is 0 Å². The molecule has 3 N–H and O–H groups in total. The number of para-hydroxylation sites is 1. The predicted molar refractivity (Wildman–Crippen MR) is 149 cm³/mol. The Morgan fingerprint density at radius 1 is 0.919 bits per heavy atom. The normalized spacial score (nSPS) is 10.5. The number of amides is 3. The number of hydrogen-bond acceptors (Lipinski definition) is 7. The summed E-state index contributed by atoms with van der Waals surface area (Å²) < 4.78 is 4.89. The summed E-state index contributed by atoms with van der Waals surface area (Å²) in [5.41, 5.74) is 1.87. The lowest BCUT2D eigenvalue weighted by molar-refractivity contribution is -0.116. The average molecular weight is 540 g/mol. The van der Waals surface area contributed by atoms with Crippen LogP contribution in [0.2, 0.25) is 0 Å². The van der Waals surface area contributed by atoms with Crippen LogP contribution in [0.25, 0.3) is 0 Å². The second-order valence-corrected chi connectivity index (χ2v) is 10.2. The third-order valence-corrected chi connectivity index (χ3v) is 7.47. The van der Waals surface area contributed by atoms with Gasteiger partial charge in [-0.3, -0.25) is 14.4 Å². The Balaban J connectivity index is 1.68. The summed E-state index contributed by atoms with van der Waals surface area (Å²) in [5, 5.41) is 8.68. The highest BCUT2D eigenvalue weighted by molar-refractivity contribution is 8.00. The number of carbonyl (C=O) groups is 4. The molecule has 194 valence electrons. The molecule has 3 rings (SSSR count). The van der Waals surface area contributed by atoms with Crippen molar-refractivity contribution in [3.63, 3.8) is 0 Å². The predicted octanol–water partition coefficient (Wildman–Crippen LogP) is 5.95. The lowest BCUT2D eigenvalue weighted by Gasteiger charge is -2.08. The third kappa shape index (κ3) is 7.93. The molecule has 37 heavy (non-hydrogen) atoms. The lowest BCUT2D eigenvalue weighted by Crippen LogP contribution is -2.16. The average Bonchev–Trinajstić information content (AvgIpc) is 3.22. The van der Waals surface area contributed by atoms with E-state index in [1.165, 1.54) is 18.9 Å². The van der Waals surface area contributed by atoms with Crippen LogP contribution < -0.4 is 16.0 Å². The third-order valence-electron chi connectivity index (χ3n) is 5.27. The van der Waals surface area contributed by atoms with Crippen LogP contribution in [-0.4, -0.2) is 36.6 Å². The minimum Gasteiger partial charge on any atom is -0.465 e. The molecule has 10 heteroatoms. The summed E-state index contributed by atoms with van der Waals surface area (Å²) in [6, 6.07) is 16.2. The van der Waals surface area contributed by atoms with E-state index in [1.54, 1.807) is 37.3 Å². The maximum atomic E-state index is 12.9. The molecule has 0 fully saturated rings. The molecule has 0 aliphatic carbocycles. The molecule has 0 spiro atoms. The Morgan fingerprint density at radius 3 is 2.35 bits per heavy atom. The van der Waals surface area contributed by atoms with Crippen LogP contribution in [0.1, 0.15) is 51.8 Å². The van der Waals surface area contributed by atoms with Gasteiger partial charge in [0.25, 0.3) is 5.91 Å². The van der Waals surface area contributed by atoms with E-state index in [2.05, 4.69) is 16.0 Å². The van der Waals surface area contributed by atoms with E-state index in [0.29, 0.717) is 28.2 Å². The number of hydrogen-bond donors (Lipinski definition) is 3. The van der Waals surface area contributed by atoms with Crippen molar-refractivity contribution in [2.24, 2.45) is 0 Å². The molecule has 0 atom stereocenters. The first-order valence-electron chi connectivity index (χ1n) is 11.7. The number of anilines is 3. The Labute approximate surface area is 224 Å². The highest BCUT2D eigenvalue weighted by Gasteiger charge is 2.26. The van der Waals surface area contributed by atoms with Crippen LogP contribution in [-0.2, 0) is 14.3 Å². The van der Waals surface area contributed by atoms with Gasteiger partial charge in [0.15, 0.2) is 0 Å². The van der Waals surface area contributed by atoms with Gasteiger partial charge in [-0.05, 0) is 49.2 Å². The Morgan fingerprint density at radius 2 is 1.65 bits per heavy atom. The van der Waals surface area contributed by atoms with E-state index in [1.807, 2.05) is 31.2 Å². The number of benzene rings is 2. The van der Waals surface area contributed by atoms with E-state index >= 15 is 0 Å². The maximum absolute atomic E-state index is 12.9. The minimum absolute atomic E-state index is 0.0442. The number of rotatable bonds is 11. The van der Waals surface area contributed by atoms with Crippen LogP contribution >= 0.6 is 23.1 Å². The molecule has 0 unspecified atom stereocenters. The fourth-order valence-corrected chi connectivity index (χ4v) is 5.27. The van der Waals surface area contributed by atoms with Gasteiger partial charge in [-0.25, -0.2) is 4.79 Å². The first-order valence-corrected chi connectivity index (χ1v) is 13.5. The van der Waals surface area contributed by atoms with Crippen molar-refractivity contribution in [3.05, 3.63) is 70.6 Å². The van der Waals surface area contributed by atoms with Gasteiger partial charge < -0.3 is 20.7 Å². The zero-order chi connectivity index (χ0) is 26.8. The fraction of sp³-hybridized carbons (Fsp3) is 0.259. The van der Waals surface area contributed by atoms with Crippen molar-refractivity contribution in [3.8, 4) is 0 Å². The Kier molecular flexibility index (Phi) is 10.3. The van der Waals surface area contributed by atoms with Crippen LogP contribution in [0.5, 0.6) is 0 Å². The highest BCUT2D eigenvalue weighted by atomic mass is 32.2. The summed E-state index contributed by atoms with van der Waals surface area (Å²) in [5.74, 6) is -1.34. The van der Waals surface area contributed by atoms with Crippen LogP contribution in [0.3, 0.4) is 0 Å². The maximum Gasteiger partial charge on any atom is 0.341 e. The van der Waals surface area contributed by atoms with Crippen LogP contribution in [0.4, 0.5) is 16.4 Å². The molecule has 0 saturated carbocycles. The summed E-state index contributed by atoms with van der Waals surface area (Å²) >= 11 is 2.31. The number of methoxy groups -OCH3 is 1. The second-order valence-electron chi connectivity index (χ2n) is 8.09. The Bertz CT molecular complexity index is 1270. The first kappa shape index (κ1) is 27.9. The molecule has 0 radical (unpaired) electrons. The van der Waals surface area contributed by atoms with Crippen molar-refractivity contribution >= 4 is 63.2 Å². The van der Waals surface area contributed by atoms with E-state index < -0.39 is 5.97 Å². The molecule has 0 saturated heterocycles. The van der Waals surface area contributed by atoms with Crippen molar-refractivity contribution in [1.82, 2.24) is 0 Å². The highest BCUT2D eigenvalue weighted by Crippen LogP contribution is 2.34. The number of thiophene rings is 1. The number of thioether (sulfide) groups is 1. The summed E-state index contributed by atoms with van der Waals surface area (Å²) in [7, 11) is 1.25. The number of esters is 1. The Hall–Kier alpha value is -3.63. The number of unbranched alkanes of at least 4 members (excludes halogenated alkanes) is 1. The lowest BCUT2D eigenvalue weighted by atomic mass is 10.1. The molecule has 0 aliphatic rings. The standard InChI is InChI=1S/C27H29N3O5S2/c1-4-5-14-21(31)28-19-12-9-13-20(15-19)36-16-22(32)30-26-23(27(34)35-3)17(2)24(37-26)25(33)29-18-10-7-6-8-11-18/h6-13,15H,4-5,14,16H2,1-3H3,(H,28,31)(H,29,33)(H,30,32). The van der Waals surface area contributed by atoms with Crippen molar-refractivity contribution in [2.75, 3.05) is 28.8 Å². The largest absolute Gasteiger partial charge is 0.465 e. The second kappa shape index (κ2) is 13.6. The van der Waals surface area contributed by atoms with Gasteiger partial charge in [0.1, 0.15) is 5.00 Å². The van der Waals surface area contributed by atoms with Gasteiger partial charge in [0.2, 0.25) is 11.8 Å². The molecular weight excluding hydrogens is 510 g/mol. The molecular formula is C27H29N3O5S2. The van der Waals surface area contributed by atoms with Gasteiger partial charge >= 0.3 is 5.97 Å². The van der Waals surface area contributed by atoms with Crippen LogP contribution in [0.15, 0.2) is 59.5 Å². The van der Waals surface area contributed by atoms with Gasteiger partial charge in [-0.1, -0.05) is 37.6 Å². The minimum atomic E-state index is -0.637. The topological polar surface area (TPSA) is 114 Å². The monoisotopic (exact) mass is 539 g/mol. The van der Waals surface area contributed by atoms with E-state index in [9.17, 15) is 19.2 Å². The zero-order valence-corrected chi connectivity index (χ0v) is 22.5. The summed E-state index contributed by atoms with van der Waals surface area (Å²) in [6.45, 7) is 3.68. The SMILES string of the molecule is CCCCC(=O)Nc1cccc(SCC(=O)Nc2sc(C(=O)Nc3ccccc3)c(C)c2C(=O)OC)c1. The number of ether oxygens (including phenoxy) is 1. The molecule has 0 aliphatic heterocycles. The van der Waals surface area contributed by atoms with Crippen molar-refractivity contribution < 1.29 is 23.9 Å². The number of nitrogens with one attached hydrogen (secondary N) is 3. The van der Waals surface area contributed by atoms with E-state index in [0.717, 1.165) is 29.1 Å². The quantitative estimate of drug-likeness (QED) is 0.205. The summed E-state index contributed by atoms with van der Waals surface area (Å²) in [6.07, 6.45) is 2.23. The number of carbonyl (C=O) groups excluding carboxylic acids is 4. The van der Waals surface area contributed by atoms with Gasteiger partial charge in [-0.15, -0.1) is 23.1 Å². The smallest absolute Gasteiger partial charge is 0.341 e. The molecule has 3 amide bonds. The van der Waals surface area contributed by atoms with Gasteiger partial charge in [0.05, 0.1) is 23.3 Å². The van der Waals surface area contributed by atoms with Crippen molar-refractivity contribution in [2.45, 2.75) is 38.0 Å². The van der Waals surface area contributed by atoms with E-state index in [4.69, 9.17) is 4.74 Å². The molecule has 8 nitrogen and oxygen atoms in total. The van der Waals surface area contributed by atoms with Crippen LogP contribution in [0, 0.1) is 6.92 Å². The summed E-state index contributed by atoms with van der Waals surface area (Å²) in [4.78, 5) is 51.2. The fourth-order valence-electron chi connectivity index (χ4n) is 3.41. The van der Waals surface area contributed by atoms with E-state index in [-0.39, 0.29) is 34.0 Å². The molecule has 2 aromatic carbocycles.